The van der Waals surface area contributed by atoms with Crippen LogP contribution in [0.5, 0.6) is 0 Å². The van der Waals surface area contributed by atoms with Crippen LogP contribution in [-0.4, -0.2) is 42.4 Å². The van der Waals surface area contributed by atoms with E-state index in [1.165, 1.54) is 24.8 Å². The molecule has 0 saturated carbocycles. The first-order chi connectivity index (χ1) is 9.24. The van der Waals surface area contributed by atoms with Crippen LogP contribution in [0.4, 0.5) is 0 Å². The summed E-state index contributed by atoms with van der Waals surface area (Å²) in [5.41, 5.74) is 2.42. The minimum absolute atomic E-state index is 0. The highest BCUT2D eigenvalue weighted by atomic mass is 35.5. The van der Waals surface area contributed by atoms with Gasteiger partial charge in [0.25, 0.3) is 0 Å². The largest absolute Gasteiger partial charge is 0.389 e. The molecule has 2 rings (SSSR count). The molecule has 0 radical (unpaired) electrons. The van der Waals surface area contributed by atoms with Crippen molar-refractivity contribution in [3.05, 3.63) is 35.4 Å². The topological polar surface area (TPSA) is 32.7 Å². The SMILES string of the molecule is Cc1ccc(COCC(O)CN2CCCCC2)cc1.Cl. The summed E-state index contributed by atoms with van der Waals surface area (Å²) in [6, 6.07) is 8.32. The second-order valence-corrected chi connectivity index (χ2v) is 5.52. The van der Waals surface area contributed by atoms with Crippen molar-refractivity contribution in [2.45, 2.75) is 38.9 Å². The molecule has 20 heavy (non-hydrogen) atoms. The lowest BCUT2D eigenvalue weighted by atomic mass is 10.1. The Balaban J connectivity index is 0.00000200. The number of nitrogens with zero attached hydrogens (tertiary/aromatic N) is 1. The first-order valence-electron chi connectivity index (χ1n) is 7.28. The summed E-state index contributed by atoms with van der Waals surface area (Å²) >= 11 is 0. The van der Waals surface area contributed by atoms with Gasteiger partial charge in [0, 0.05) is 6.54 Å². The highest BCUT2D eigenvalue weighted by molar-refractivity contribution is 5.85. The Kier molecular flexibility index (Phi) is 8.15. The van der Waals surface area contributed by atoms with Crippen LogP contribution in [0.2, 0.25) is 0 Å². The van der Waals surface area contributed by atoms with Gasteiger partial charge in [0.05, 0.1) is 19.3 Å². The number of β-amino-alcohol motifs (C(OH)–C–C–N with tert-alkyl or cyclic N) is 1. The second-order valence-electron chi connectivity index (χ2n) is 5.52. The Labute approximate surface area is 128 Å². The van der Waals surface area contributed by atoms with Crippen molar-refractivity contribution in [1.29, 1.82) is 0 Å². The van der Waals surface area contributed by atoms with Gasteiger partial charge in [-0.05, 0) is 38.4 Å². The fourth-order valence-corrected chi connectivity index (χ4v) is 2.49. The molecule has 0 bridgehead atoms. The summed E-state index contributed by atoms with van der Waals surface area (Å²) < 4.78 is 5.59. The third-order valence-corrected chi connectivity index (χ3v) is 3.62. The quantitative estimate of drug-likeness (QED) is 0.877. The van der Waals surface area contributed by atoms with Crippen LogP contribution < -0.4 is 0 Å². The molecule has 1 atom stereocenters. The van der Waals surface area contributed by atoms with E-state index in [0.717, 1.165) is 25.2 Å². The van der Waals surface area contributed by atoms with E-state index in [4.69, 9.17) is 4.74 Å². The van der Waals surface area contributed by atoms with Gasteiger partial charge in [-0.1, -0.05) is 36.2 Å². The minimum Gasteiger partial charge on any atom is -0.389 e. The Morgan fingerprint density at radius 2 is 1.80 bits per heavy atom. The van der Waals surface area contributed by atoms with Gasteiger partial charge in [-0.25, -0.2) is 0 Å². The van der Waals surface area contributed by atoms with Crippen molar-refractivity contribution in [2.24, 2.45) is 0 Å². The number of benzene rings is 1. The van der Waals surface area contributed by atoms with Crippen molar-refractivity contribution in [1.82, 2.24) is 4.90 Å². The first-order valence-corrected chi connectivity index (χ1v) is 7.28. The lowest BCUT2D eigenvalue weighted by Crippen LogP contribution is -2.38. The molecule has 0 amide bonds. The predicted molar refractivity (Wildman–Crippen MR) is 84.4 cm³/mol. The van der Waals surface area contributed by atoms with E-state index < -0.39 is 0 Å². The van der Waals surface area contributed by atoms with E-state index >= 15 is 0 Å². The van der Waals surface area contributed by atoms with Crippen molar-refractivity contribution in [3.63, 3.8) is 0 Å². The Hall–Kier alpha value is -0.610. The number of hydrogen-bond donors (Lipinski definition) is 1. The Morgan fingerprint density at radius 3 is 2.45 bits per heavy atom. The molecule has 1 unspecified atom stereocenters. The minimum atomic E-state index is -0.372. The highest BCUT2D eigenvalue weighted by Gasteiger charge is 2.14. The smallest absolute Gasteiger partial charge is 0.0900 e. The van der Waals surface area contributed by atoms with Crippen LogP contribution in [0.3, 0.4) is 0 Å². The maximum Gasteiger partial charge on any atom is 0.0900 e. The fraction of sp³-hybridized carbons (Fsp3) is 0.625. The van der Waals surface area contributed by atoms with Crippen LogP contribution in [0.1, 0.15) is 30.4 Å². The first kappa shape index (κ1) is 17.4. The number of aryl methyl sites for hydroxylation is 1. The molecule has 0 aliphatic carbocycles. The van der Waals surface area contributed by atoms with Crippen LogP contribution in [0.25, 0.3) is 0 Å². The van der Waals surface area contributed by atoms with Crippen molar-refractivity contribution in [2.75, 3.05) is 26.2 Å². The van der Waals surface area contributed by atoms with Crippen molar-refractivity contribution >= 4 is 12.4 Å². The third-order valence-electron chi connectivity index (χ3n) is 3.62. The van der Waals surface area contributed by atoms with E-state index in [1.54, 1.807) is 0 Å². The van der Waals surface area contributed by atoms with Crippen LogP contribution in [0, 0.1) is 6.92 Å². The standard InChI is InChI=1S/C16H25NO2.ClH/c1-14-5-7-15(8-6-14)12-19-13-16(18)11-17-9-3-2-4-10-17;/h5-8,16,18H,2-4,9-13H2,1H3;1H. The molecular weight excluding hydrogens is 274 g/mol. The molecule has 114 valence electrons. The number of piperidine rings is 1. The van der Waals surface area contributed by atoms with Crippen LogP contribution in [0.15, 0.2) is 24.3 Å². The van der Waals surface area contributed by atoms with Gasteiger partial charge in [-0.3, -0.25) is 0 Å². The van der Waals surface area contributed by atoms with Crippen LogP contribution >= 0.6 is 12.4 Å². The molecule has 1 heterocycles. The summed E-state index contributed by atoms with van der Waals surface area (Å²) in [6.45, 7) is 6.06. The number of halogens is 1. The summed E-state index contributed by atoms with van der Waals surface area (Å²) in [7, 11) is 0. The number of hydrogen-bond acceptors (Lipinski definition) is 3. The van der Waals surface area contributed by atoms with Gasteiger partial charge in [-0.2, -0.15) is 0 Å². The van der Waals surface area contributed by atoms with Gasteiger partial charge >= 0.3 is 0 Å². The van der Waals surface area contributed by atoms with Crippen molar-refractivity contribution in [3.8, 4) is 0 Å². The zero-order chi connectivity index (χ0) is 13.5. The molecule has 1 aromatic carbocycles. The molecule has 1 N–H and O–H groups in total. The molecular formula is C16H26ClNO2. The normalized spacial score (nSPS) is 17.5. The molecule has 1 aliphatic rings. The Bertz CT molecular complexity index is 363. The fourth-order valence-electron chi connectivity index (χ4n) is 2.49. The number of aliphatic hydroxyl groups is 1. The second kappa shape index (κ2) is 9.35. The zero-order valence-corrected chi connectivity index (χ0v) is 13.1. The molecule has 1 fully saturated rings. The third kappa shape index (κ3) is 6.23. The average molecular weight is 300 g/mol. The molecule has 1 aromatic rings. The number of ether oxygens (including phenoxy) is 1. The number of likely N-dealkylation sites (tertiary alicyclic amines) is 1. The zero-order valence-electron chi connectivity index (χ0n) is 12.3. The van der Waals surface area contributed by atoms with Gasteiger partial charge in [0.2, 0.25) is 0 Å². The van der Waals surface area contributed by atoms with E-state index in [0.29, 0.717) is 13.2 Å². The van der Waals surface area contributed by atoms with Gasteiger partial charge in [0.15, 0.2) is 0 Å². The van der Waals surface area contributed by atoms with E-state index in [9.17, 15) is 5.11 Å². The number of rotatable bonds is 6. The molecule has 1 saturated heterocycles. The molecule has 0 spiro atoms. The summed E-state index contributed by atoms with van der Waals surface area (Å²) in [6.07, 6.45) is 3.48. The van der Waals surface area contributed by atoms with Gasteiger partial charge in [0.1, 0.15) is 0 Å². The Morgan fingerprint density at radius 1 is 1.15 bits per heavy atom. The van der Waals surface area contributed by atoms with Crippen molar-refractivity contribution < 1.29 is 9.84 Å². The summed E-state index contributed by atoms with van der Waals surface area (Å²) in [5.74, 6) is 0. The molecule has 0 aromatic heterocycles. The van der Waals surface area contributed by atoms with E-state index in [-0.39, 0.29) is 18.5 Å². The molecule has 3 nitrogen and oxygen atoms in total. The average Bonchev–Trinajstić information content (AvgIpc) is 2.42. The monoisotopic (exact) mass is 299 g/mol. The lowest BCUT2D eigenvalue weighted by molar-refractivity contribution is 0.00713. The maximum atomic E-state index is 9.96. The maximum absolute atomic E-state index is 9.96. The van der Waals surface area contributed by atoms with E-state index in [2.05, 4.69) is 36.1 Å². The van der Waals surface area contributed by atoms with Crippen LogP contribution in [-0.2, 0) is 11.3 Å². The summed E-state index contributed by atoms with van der Waals surface area (Å²) in [5, 5.41) is 9.96. The summed E-state index contributed by atoms with van der Waals surface area (Å²) in [4.78, 5) is 2.34. The van der Waals surface area contributed by atoms with E-state index in [1.807, 2.05) is 0 Å². The molecule has 1 aliphatic heterocycles. The highest BCUT2D eigenvalue weighted by Crippen LogP contribution is 2.09. The van der Waals surface area contributed by atoms with Gasteiger partial charge < -0.3 is 14.7 Å². The van der Waals surface area contributed by atoms with Gasteiger partial charge in [-0.15, -0.1) is 12.4 Å². The molecule has 4 heteroatoms. The number of aliphatic hydroxyl groups excluding tert-OH is 1. The predicted octanol–water partition coefficient (Wildman–Crippen LogP) is 2.78. The lowest BCUT2D eigenvalue weighted by Gasteiger charge is -2.28.